The number of hydrogen-bond donors (Lipinski definition) is 2. The van der Waals surface area contributed by atoms with E-state index in [4.69, 9.17) is 5.11 Å². The predicted molar refractivity (Wildman–Crippen MR) is 85.8 cm³/mol. The zero-order valence-corrected chi connectivity index (χ0v) is 14.6. The van der Waals surface area contributed by atoms with Gasteiger partial charge in [0.15, 0.2) is 0 Å². The molecule has 21 heavy (non-hydrogen) atoms. The third kappa shape index (κ3) is 4.33. The molecule has 0 fully saturated rings. The first-order valence-corrected chi connectivity index (χ1v) is 9.38. The van der Waals surface area contributed by atoms with E-state index in [-0.39, 0.29) is 11.5 Å². The summed E-state index contributed by atoms with van der Waals surface area (Å²) in [5, 5.41) is 11.9. The molecule has 8 heteroatoms. The van der Waals surface area contributed by atoms with Gasteiger partial charge in [0.05, 0.1) is 16.5 Å². The largest absolute Gasteiger partial charge is 0.392 e. The van der Waals surface area contributed by atoms with Crippen LogP contribution in [0.4, 0.5) is 0 Å². The third-order valence-corrected chi connectivity index (χ3v) is 6.23. The van der Waals surface area contributed by atoms with E-state index < -0.39 is 10.0 Å². The second-order valence-corrected chi connectivity index (χ2v) is 7.99. The Hall–Kier alpha value is -0.800. The minimum atomic E-state index is -3.58. The van der Waals surface area contributed by atoms with Crippen molar-refractivity contribution in [2.45, 2.75) is 24.8 Å². The van der Waals surface area contributed by atoms with Gasteiger partial charge in [-0.1, -0.05) is 6.07 Å². The zero-order valence-electron chi connectivity index (χ0n) is 11.3. The maximum atomic E-state index is 12.2. The van der Waals surface area contributed by atoms with E-state index in [1.54, 1.807) is 12.1 Å². The van der Waals surface area contributed by atoms with Gasteiger partial charge in [-0.05, 0) is 40.5 Å². The fraction of sp³-hybridized carbons (Fsp3) is 0.308. The molecule has 5 nitrogen and oxygen atoms in total. The number of nitrogens with one attached hydrogen (secondary N) is 1. The summed E-state index contributed by atoms with van der Waals surface area (Å²) in [6, 6.07) is 4.66. The van der Waals surface area contributed by atoms with Crippen molar-refractivity contribution in [1.82, 2.24) is 9.71 Å². The lowest BCUT2D eigenvalue weighted by Gasteiger charge is -2.09. The summed E-state index contributed by atoms with van der Waals surface area (Å²) >= 11 is 4.74. The number of aromatic nitrogens is 1. The van der Waals surface area contributed by atoms with Gasteiger partial charge in [0.1, 0.15) is 0 Å². The molecule has 0 aliphatic heterocycles. The number of hydrogen-bond acceptors (Lipinski definition) is 5. The van der Waals surface area contributed by atoms with Crippen molar-refractivity contribution in [3.05, 3.63) is 44.3 Å². The molecule has 0 spiro atoms. The highest BCUT2D eigenvalue weighted by Gasteiger charge is 2.17. The molecular weight excluding hydrogens is 376 g/mol. The number of halogens is 1. The number of aliphatic hydroxyl groups is 1. The molecular formula is C13H15BrN2O3S2. The van der Waals surface area contributed by atoms with E-state index in [0.29, 0.717) is 23.0 Å². The molecule has 0 aliphatic rings. The van der Waals surface area contributed by atoms with Gasteiger partial charge in [0.25, 0.3) is 0 Å². The molecule has 0 atom stereocenters. The molecule has 0 radical (unpaired) electrons. The lowest BCUT2D eigenvalue weighted by Crippen LogP contribution is -2.26. The first-order valence-electron chi connectivity index (χ1n) is 6.22. The first-order chi connectivity index (χ1) is 9.92. The van der Waals surface area contributed by atoms with E-state index in [2.05, 4.69) is 25.6 Å². The maximum absolute atomic E-state index is 12.2. The van der Waals surface area contributed by atoms with Crippen LogP contribution in [0.1, 0.15) is 16.3 Å². The minimum Gasteiger partial charge on any atom is -0.392 e. The fourth-order valence-electron chi connectivity index (χ4n) is 1.75. The van der Waals surface area contributed by atoms with Crippen LogP contribution in [0.15, 0.2) is 32.9 Å². The number of aliphatic hydroxyl groups excluding tert-OH is 1. The zero-order chi connectivity index (χ0) is 15.5. The van der Waals surface area contributed by atoms with Crippen molar-refractivity contribution in [2.24, 2.45) is 0 Å². The molecule has 0 amide bonds. The van der Waals surface area contributed by atoms with Crippen LogP contribution in [0.5, 0.6) is 0 Å². The van der Waals surface area contributed by atoms with Gasteiger partial charge >= 0.3 is 0 Å². The Bertz CT molecular complexity index is 729. The molecule has 0 aliphatic carbocycles. The number of nitrogens with zero attached hydrogens (tertiary/aromatic N) is 1. The van der Waals surface area contributed by atoms with Crippen molar-refractivity contribution < 1.29 is 13.5 Å². The summed E-state index contributed by atoms with van der Waals surface area (Å²) in [5.74, 6) is 0. The Morgan fingerprint density at radius 3 is 2.76 bits per heavy atom. The third-order valence-electron chi connectivity index (χ3n) is 2.77. The van der Waals surface area contributed by atoms with Gasteiger partial charge in [-0.15, -0.1) is 11.3 Å². The van der Waals surface area contributed by atoms with Crippen molar-refractivity contribution in [1.29, 1.82) is 0 Å². The normalized spacial score (nSPS) is 11.8. The van der Waals surface area contributed by atoms with E-state index in [1.165, 1.54) is 17.4 Å². The summed E-state index contributed by atoms with van der Waals surface area (Å²) in [4.78, 5) is 4.45. The van der Waals surface area contributed by atoms with E-state index in [1.807, 2.05) is 12.3 Å². The number of sulfonamides is 1. The van der Waals surface area contributed by atoms with E-state index in [9.17, 15) is 8.42 Å². The van der Waals surface area contributed by atoms with Crippen LogP contribution >= 0.6 is 27.3 Å². The minimum absolute atomic E-state index is 0.129. The SMILES string of the molecule is Cc1csc(CCNS(=O)(=O)c2ccc(CO)cc2Br)n1. The van der Waals surface area contributed by atoms with Gasteiger partial charge in [0, 0.05) is 28.5 Å². The van der Waals surface area contributed by atoms with Gasteiger partial charge < -0.3 is 5.11 Å². The van der Waals surface area contributed by atoms with Crippen LogP contribution in [-0.2, 0) is 23.1 Å². The summed E-state index contributed by atoms with van der Waals surface area (Å²) in [7, 11) is -3.58. The molecule has 2 rings (SSSR count). The van der Waals surface area contributed by atoms with Crippen LogP contribution in [0.2, 0.25) is 0 Å². The Morgan fingerprint density at radius 2 is 2.19 bits per heavy atom. The molecule has 114 valence electrons. The Morgan fingerprint density at radius 1 is 1.43 bits per heavy atom. The topological polar surface area (TPSA) is 79.3 Å². The molecule has 1 heterocycles. The standard InChI is InChI=1S/C13H15BrN2O3S2/c1-9-8-20-13(16-9)4-5-15-21(18,19)12-3-2-10(7-17)6-11(12)14/h2-3,6,8,15,17H,4-5,7H2,1H3. The summed E-state index contributed by atoms with van der Waals surface area (Å²) in [6.45, 7) is 2.07. The lowest BCUT2D eigenvalue weighted by molar-refractivity contribution is 0.281. The first kappa shape index (κ1) is 16.6. The van der Waals surface area contributed by atoms with Crippen LogP contribution < -0.4 is 4.72 Å². The van der Waals surface area contributed by atoms with Crippen LogP contribution in [0.3, 0.4) is 0 Å². The van der Waals surface area contributed by atoms with Crippen LogP contribution in [0, 0.1) is 6.92 Å². The summed E-state index contributed by atoms with van der Waals surface area (Å²) in [6.07, 6.45) is 0.560. The highest BCUT2D eigenvalue weighted by Crippen LogP contribution is 2.23. The Kier molecular flexibility index (Phi) is 5.50. The number of rotatable bonds is 6. The fourth-order valence-corrected chi connectivity index (χ4v) is 4.68. The number of aryl methyl sites for hydroxylation is 1. The van der Waals surface area contributed by atoms with Gasteiger partial charge in [-0.2, -0.15) is 0 Å². The molecule has 0 unspecified atom stereocenters. The number of benzene rings is 1. The average Bonchev–Trinajstić information content (AvgIpc) is 2.83. The van der Waals surface area contributed by atoms with Crippen molar-refractivity contribution in [2.75, 3.05) is 6.54 Å². The molecule has 2 aromatic rings. The Balaban J connectivity index is 2.04. The highest BCUT2D eigenvalue weighted by atomic mass is 79.9. The quantitative estimate of drug-likeness (QED) is 0.792. The molecule has 1 aromatic carbocycles. The smallest absolute Gasteiger partial charge is 0.241 e. The van der Waals surface area contributed by atoms with E-state index >= 15 is 0 Å². The maximum Gasteiger partial charge on any atom is 0.241 e. The molecule has 0 saturated heterocycles. The van der Waals surface area contributed by atoms with Crippen molar-refractivity contribution >= 4 is 37.3 Å². The van der Waals surface area contributed by atoms with Gasteiger partial charge in [-0.25, -0.2) is 18.1 Å². The molecule has 2 N–H and O–H groups in total. The Labute approximate surface area is 136 Å². The van der Waals surface area contributed by atoms with Crippen LogP contribution in [0.25, 0.3) is 0 Å². The monoisotopic (exact) mass is 390 g/mol. The lowest BCUT2D eigenvalue weighted by atomic mass is 10.2. The molecule has 0 saturated carbocycles. The second-order valence-electron chi connectivity index (χ2n) is 4.45. The average molecular weight is 391 g/mol. The highest BCUT2D eigenvalue weighted by molar-refractivity contribution is 9.10. The predicted octanol–water partition coefficient (Wildman–Crippen LogP) is 2.23. The second kappa shape index (κ2) is 6.97. The van der Waals surface area contributed by atoms with Crippen LogP contribution in [-0.4, -0.2) is 25.1 Å². The van der Waals surface area contributed by atoms with Gasteiger partial charge in [0.2, 0.25) is 10.0 Å². The van der Waals surface area contributed by atoms with E-state index in [0.717, 1.165) is 10.7 Å². The molecule has 1 aromatic heterocycles. The number of thiazole rings is 1. The summed E-state index contributed by atoms with van der Waals surface area (Å²) < 4.78 is 27.4. The van der Waals surface area contributed by atoms with Crippen molar-refractivity contribution in [3.8, 4) is 0 Å². The van der Waals surface area contributed by atoms with Crippen molar-refractivity contribution in [3.63, 3.8) is 0 Å². The van der Waals surface area contributed by atoms with Gasteiger partial charge in [-0.3, -0.25) is 0 Å². The molecule has 0 bridgehead atoms. The summed E-state index contributed by atoms with van der Waals surface area (Å²) in [5.41, 5.74) is 1.60.